The minimum Gasteiger partial charge on any atom is -0.355 e. The largest absolute Gasteiger partial charge is 0.355 e. The number of nitrogens with zero attached hydrogens (tertiary/aromatic N) is 3. The molecule has 3 rings (SSSR count). The summed E-state index contributed by atoms with van der Waals surface area (Å²) in [6.45, 7) is 2.03. The van der Waals surface area contributed by atoms with Gasteiger partial charge in [0.05, 0.1) is 11.9 Å². The van der Waals surface area contributed by atoms with Crippen molar-refractivity contribution >= 4 is 11.6 Å². The molecule has 3 heterocycles. The SMILES string of the molecule is CNC(=O)c1cnn2c(C3CCCNC3)ccnc12. The van der Waals surface area contributed by atoms with Crippen molar-refractivity contribution in [1.82, 2.24) is 25.2 Å². The van der Waals surface area contributed by atoms with E-state index in [9.17, 15) is 4.79 Å². The Labute approximate surface area is 111 Å². The van der Waals surface area contributed by atoms with Gasteiger partial charge in [-0.2, -0.15) is 5.10 Å². The van der Waals surface area contributed by atoms with Gasteiger partial charge in [-0.15, -0.1) is 0 Å². The molecule has 1 aliphatic heterocycles. The highest BCUT2D eigenvalue weighted by molar-refractivity contribution is 5.99. The van der Waals surface area contributed by atoms with E-state index >= 15 is 0 Å². The molecule has 19 heavy (non-hydrogen) atoms. The first-order chi connectivity index (χ1) is 9.31. The predicted octanol–water partition coefficient (Wildman–Crippen LogP) is 0.556. The molecule has 2 aromatic heterocycles. The maximum absolute atomic E-state index is 11.8. The average Bonchev–Trinajstić information content (AvgIpc) is 2.91. The van der Waals surface area contributed by atoms with Crippen molar-refractivity contribution in [3.8, 4) is 0 Å². The van der Waals surface area contributed by atoms with E-state index in [1.165, 1.54) is 0 Å². The number of rotatable bonds is 2. The van der Waals surface area contributed by atoms with E-state index in [0.29, 0.717) is 17.1 Å². The van der Waals surface area contributed by atoms with Crippen molar-refractivity contribution in [3.05, 3.63) is 29.7 Å². The lowest BCUT2D eigenvalue weighted by Crippen LogP contribution is -2.29. The summed E-state index contributed by atoms with van der Waals surface area (Å²) in [5, 5.41) is 10.3. The lowest BCUT2D eigenvalue weighted by molar-refractivity contribution is 0.0964. The van der Waals surface area contributed by atoms with Crippen LogP contribution >= 0.6 is 0 Å². The lowest BCUT2D eigenvalue weighted by atomic mass is 9.96. The molecule has 1 fully saturated rings. The Kier molecular flexibility index (Phi) is 3.16. The summed E-state index contributed by atoms with van der Waals surface area (Å²) in [6.07, 6.45) is 5.65. The third-order valence-electron chi connectivity index (χ3n) is 3.62. The van der Waals surface area contributed by atoms with Crippen molar-refractivity contribution in [2.75, 3.05) is 20.1 Å². The topological polar surface area (TPSA) is 71.3 Å². The molecule has 0 spiro atoms. The first-order valence-corrected chi connectivity index (χ1v) is 6.56. The number of amides is 1. The van der Waals surface area contributed by atoms with Crippen molar-refractivity contribution in [1.29, 1.82) is 0 Å². The van der Waals surface area contributed by atoms with E-state index in [-0.39, 0.29) is 5.91 Å². The van der Waals surface area contributed by atoms with Crippen LogP contribution in [0.3, 0.4) is 0 Å². The second-order valence-electron chi connectivity index (χ2n) is 4.79. The Morgan fingerprint density at radius 3 is 3.21 bits per heavy atom. The normalized spacial score (nSPS) is 19.5. The summed E-state index contributed by atoms with van der Waals surface area (Å²) in [4.78, 5) is 16.0. The zero-order valence-corrected chi connectivity index (χ0v) is 10.9. The maximum atomic E-state index is 11.8. The fourth-order valence-corrected chi connectivity index (χ4v) is 2.62. The summed E-state index contributed by atoms with van der Waals surface area (Å²) in [6, 6.07) is 1.99. The monoisotopic (exact) mass is 259 g/mol. The third-order valence-corrected chi connectivity index (χ3v) is 3.62. The van der Waals surface area contributed by atoms with Crippen molar-refractivity contribution in [2.45, 2.75) is 18.8 Å². The zero-order valence-electron chi connectivity index (χ0n) is 10.9. The van der Waals surface area contributed by atoms with Gasteiger partial charge in [0, 0.05) is 25.7 Å². The predicted molar refractivity (Wildman–Crippen MR) is 71.2 cm³/mol. The number of piperidine rings is 1. The van der Waals surface area contributed by atoms with Crippen LogP contribution < -0.4 is 10.6 Å². The van der Waals surface area contributed by atoms with Crippen LogP contribution in [0.5, 0.6) is 0 Å². The van der Waals surface area contributed by atoms with Gasteiger partial charge >= 0.3 is 0 Å². The standard InChI is InChI=1S/C13H17N5O/c1-14-13(19)10-8-17-18-11(4-6-16-12(10)18)9-3-2-5-15-7-9/h4,6,8-9,15H,2-3,5,7H2,1H3,(H,14,19). The molecule has 1 aliphatic rings. The van der Waals surface area contributed by atoms with Gasteiger partial charge < -0.3 is 10.6 Å². The number of carbonyl (C=O) groups is 1. The van der Waals surface area contributed by atoms with Gasteiger partial charge in [-0.1, -0.05) is 0 Å². The summed E-state index contributed by atoms with van der Waals surface area (Å²) in [5.74, 6) is 0.276. The number of carbonyl (C=O) groups excluding carboxylic acids is 1. The van der Waals surface area contributed by atoms with E-state index in [4.69, 9.17) is 0 Å². The van der Waals surface area contributed by atoms with Gasteiger partial charge in [0.2, 0.25) is 0 Å². The molecular weight excluding hydrogens is 242 g/mol. The molecule has 0 aliphatic carbocycles. The van der Waals surface area contributed by atoms with Gasteiger partial charge in [-0.05, 0) is 25.5 Å². The third kappa shape index (κ3) is 2.08. The molecular formula is C13H17N5O. The smallest absolute Gasteiger partial charge is 0.256 e. The second kappa shape index (κ2) is 4.97. The van der Waals surface area contributed by atoms with Gasteiger partial charge in [-0.3, -0.25) is 4.79 Å². The number of fused-ring (bicyclic) bond motifs is 1. The van der Waals surface area contributed by atoms with Crippen LogP contribution in [-0.2, 0) is 0 Å². The van der Waals surface area contributed by atoms with E-state index in [1.54, 1.807) is 24.0 Å². The molecule has 6 heteroatoms. The Hall–Kier alpha value is -1.95. The molecule has 6 nitrogen and oxygen atoms in total. The molecule has 1 atom stereocenters. The molecule has 1 amide bonds. The molecule has 0 saturated carbocycles. The van der Waals surface area contributed by atoms with Crippen LogP contribution in [0.4, 0.5) is 0 Å². The second-order valence-corrected chi connectivity index (χ2v) is 4.79. The lowest BCUT2D eigenvalue weighted by Gasteiger charge is -2.23. The first kappa shape index (κ1) is 12.1. The number of hydrogen-bond donors (Lipinski definition) is 2. The highest BCUT2D eigenvalue weighted by atomic mass is 16.1. The van der Waals surface area contributed by atoms with E-state index in [0.717, 1.165) is 31.6 Å². The fourth-order valence-electron chi connectivity index (χ4n) is 2.62. The van der Waals surface area contributed by atoms with Crippen LogP contribution in [0.15, 0.2) is 18.5 Å². The first-order valence-electron chi connectivity index (χ1n) is 6.56. The zero-order chi connectivity index (χ0) is 13.2. The van der Waals surface area contributed by atoms with Gasteiger partial charge in [-0.25, -0.2) is 9.50 Å². The number of hydrogen-bond acceptors (Lipinski definition) is 4. The Balaban J connectivity index is 2.06. The summed E-state index contributed by atoms with van der Waals surface area (Å²) in [7, 11) is 1.61. The van der Waals surface area contributed by atoms with Crippen LogP contribution in [0, 0.1) is 0 Å². The van der Waals surface area contributed by atoms with Crippen molar-refractivity contribution in [3.63, 3.8) is 0 Å². The molecule has 2 aromatic rings. The van der Waals surface area contributed by atoms with E-state index < -0.39 is 0 Å². The van der Waals surface area contributed by atoms with Crippen molar-refractivity contribution < 1.29 is 4.79 Å². The molecule has 0 radical (unpaired) electrons. The van der Waals surface area contributed by atoms with Gasteiger partial charge in [0.1, 0.15) is 5.56 Å². The van der Waals surface area contributed by atoms with Crippen LogP contribution in [-0.4, -0.2) is 40.6 Å². The highest BCUT2D eigenvalue weighted by Gasteiger charge is 2.20. The van der Waals surface area contributed by atoms with E-state index in [1.807, 2.05) is 6.07 Å². The van der Waals surface area contributed by atoms with Crippen LogP contribution in [0.1, 0.15) is 34.8 Å². The highest BCUT2D eigenvalue weighted by Crippen LogP contribution is 2.23. The fraction of sp³-hybridized carbons (Fsp3) is 0.462. The molecule has 1 unspecified atom stereocenters. The van der Waals surface area contributed by atoms with Gasteiger partial charge in [0.15, 0.2) is 5.65 Å². The Morgan fingerprint density at radius 1 is 1.58 bits per heavy atom. The molecule has 0 aromatic carbocycles. The molecule has 1 saturated heterocycles. The van der Waals surface area contributed by atoms with Gasteiger partial charge in [0.25, 0.3) is 5.91 Å². The minimum atomic E-state index is -0.151. The van der Waals surface area contributed by atoms with E-state index in [2.05, 4.69) is 20.7 Å². The number of aromatic nitrogens is 3. The Morgan fingerprint density at radius 2 is 2.47 bits per heavy atom. The summed E-state index contributed by atoms with van der Waals surface area (Å²) >= 11 is 0. The summed E-state index contributed by atoms with van der Waals surface area (Å²) < 4.78 is 1.79. The minimum absolute atomic E-state index is 0.151. The molecule has 0 bridgehead atoms. The number of nitrogens with one attached hydrogen (secondary N) is 2. The van der Waals surface area contributed by atoms with Crippen LogP contribution in [0.2, 0.25) is 0 Å². The summed E-state index contributed by atoms with van der Waals surface area (Å²) in [5.41, 5.74) is 2.27. The quantitative estimate of drug-likeness (QED) is 0.826. The van der Waals surface area contributed by atoms with Crippen molar-refractivity contribution in [2.24, 2.45) is 0 Å². The Bertz CT molecular complexity index is 600. The maximum Gasteiger partial charge on any atom is 0.256 e. The average molecular weight is 259 g/mol. The molecule has 2 N–H and O–H groups in total. The van der Waals surface area contributed by atoms with Crippen LogP contribution in [0.25, 0.3) is 5.65 Å². The molecule has 100 valence electrons.